The highest BCUT2D eigenvalue weighted by molar-refractivity contribution is 5.78. The Kier molecular flexibility index (Phi) is 5.50. The Balaban J connectivity index is 3.81. The summed E-state index contributed by atoms with van der Waals surface area (Å²) in [7, 11) is 0. The van der Waals surface area contributed by atoms with E-state index in [0.29, 0.717) is 18.4 Å². The average molecular weight is 310 g/mol. The van der Waals surface area contributed by atoms with Crippen molar-refractivity contribution in [1.82, 2.24) is 0 Å². The molecule has 0 aliphatic heterocycles. The van der Waals surface area contributed by atoms with Gasteiger partial charge in [0.05, 0.1) is 21.2 Å². The first-order valence-electron chi connectivity index (χ1n) is 6.85. The summed E-state index contributed by atoms with van der Waals surface area (Å²) in [5.74, 6) is 0. The topological polar surface area (TPSA) is 119 Å². The number of anilines is 1. The lowest BCUT2D eigenvalue weighted by Gasteiger charge is -2.24. The maximum atomic E-state index is 11.4. The molecule has 9 nitrogen and oxygen atoms in total. The van der Waals surface area contributed by atoms with Gasteiger partial charge >= 0.3 is 11.4 Å². The molecule has 120 valence electrons. The summed E-state index contributed by atoms with van der Waals surface area (Å²) in [6.07, 6.45) is 0.951. The predicted molar refractivity (Wildman–Crippen MR) is 81.9 cm³/mol. The van der Waals surface area contributed by atoms with E-state index in [1.807, 2.05) is 0 Å². The summed E-state index contributed by atoms with van der Waals surface area (Å²) >= 11 is 0. The molecule has 9 heteroatoms. The van der Waals surface area contributed by atoms with Crippen LogP contribution in [0.1, 0.15) is 37.8 Å². The van der Waals surface area contributed by atoms with Gasteiger partial charge in [0.25, 0.3) is 0 Å². The molecule has 0 N–H and O–H groups in total. The Morgan fingerprint density at radius 3 is 2.09 bits per heavy atom. The smallest absolute Gasteiger partial charge is 0.258 e. The highest BCUT2D eigenvalue weighted by atomic mass is 16.6. The van der Waals surface area contributed by atoms with Gasteiger partial charge in [0.1, 0.15) is 0 Å². The lowest BCUT2D eigenvalue weighted by Crippen LogP contribution is -2.30. The first-order chi connectivity index (χ1) is 10.3. The Morgan fingerprint density at radius 1 is 1.18 bits per heavy atom. The van der Waals surface area contributed by atoms with Gasteiger partial charge < -0.3 is 0 Å². The molecule has 0 saturated heterocycles. The van der Waals surface area contributed by atoms with Crippen molar-refractivity contribution in [3.63, 3.8) is 0 Å². The van der Waals surface area contributed by atoms with Crippen LogP contribution in [-0.2, 0) is 0 Å². The van der Waals surface area contributed by atoms with E-state index in [1.54, 1.807) is 20.8 Å². The molecule has 0 aliphatic rings. The number of aryl methyl sites for hydroxylation is 1. The molecule has 0 heterocycles. The third-order valence-electron chi connectivity index (χ3n) is 3.75. The summed E-state index contributed by atoms with van der Waals surface area (Å²) in [5, 5.41) is 26.4. The molecule has 0 amide bonds. The number of hydrogen-bond donors (Lipinski definition) is 0. The molecule has 22 heavy (non-hydrogen) atoms. The zero-order chi connectivity index (χ0) is 17.0. The molecule has 0 bridgehead atoms. The Labute approximate surface area is 127 Å². The molecule has 0 atom stereocenters. The van der Waals surface area contributed by atoms with Crippen LogP contribution in [0.2, 0.25) is 0 Å². The second-order valence-corrected chi connectivity index (χ2v) is 4.95. The molecule has 0 spiro atoms. The van der Waals surface area contributed by atoms with E-state index in [4.69, 9.17) is 0 Å². The first-order valence-corrected chi connectivity index (χ1v) is 6.85. The van der Waals surface area contributed by atoms with E-state index in [2.05, 4.69) is 5.29 Å². The maximum absolute atomic E-state index is 11.4. The number of nitrogens with zero attached hydrogens (tertiary/aromatic N) is 4. The molecule has 1 rings (SSSR count). The van der Waals surface area contributed by atoms with Gasteiger partial charge in [-0.25, -0.2) is 5.01 Å². The summed E-state index contributed by atoms with van der Waals surface area (Å²) in [6, 6.07) is 0.787. The van der Waals surface area contributed by atoms with Crippen molar-refractivity contribution in [2.75, 3.05) is 5.01 Å². The van der Waals surface area contributed by atoms with Gasteiger partial charge in [-0.3, -0.25) is 20.2 Å². The molecule has 0 radical (unpaired) electrons. The van der Waals surface area contributed by atoms with Crippen LogP contribution >= 0.6 is 0 Å². The molecule has 0 unspecified atom stereocenters. The zero-order valence-corrected chi connectivity index (χ0v) is 12.9. The summed E-state index contributed by atoms with van der Waals surface area (Å²) in [6.45, 7) is 6.61. The highest BCUT2D eigenvalue weighted by Crippen LogP contribution is 2.43. The summed E-state index contributed by atoms with van der Waals surface area (Å²) in [5.41, 5.74) is -0.580. The van der Waals surface area contributed by atoms with Crippen LogP contribution in [-0.4, -0.2) is 15.9 Å². The van der Waals surface area contributed by atoms with Crippen LogP contribution in [0.3, 0.4) is 0 Å². The number of benzene rings is 1. The van der Waals surface area contributed by atoms with Gasteiger partial charge in [-0.15, -0.1) is 4.91 Å². The van der Waals surface area contributed by atoms with Crippen LogP contribution in [0.15, 0.2) is 11.4 Å². The van der Waals surface area contributed by atoms with E-state index >= 15 is 0 Å². The van der Waals surface area contributed by atoms with Gasteiger partial charge in [-0.05, 0) is 32.3 Å². The maximum Gasteiger partial charge on any atom is 0.304 e. The number of rotatable bonds is 7. The molecule has 1 aromatic carbocycles. The molecular weight excluding hydrogens is 292 g/mol. The van der Waals surface area contributed by atoms with Gasteiger partial charge in [0.15, 0.2) is 0 Å². The molecule has 0 saturated carbocycles. The third-order valence-corrected chi connectivity index (χ3v) is 3.75. The molecule has 0 fully saturated rings. The molecular formula is C13H18N4O5. The Bertz CT molecular complexity index is 613. The lowest BCUT2D eigenvalue weighted by molar-refractivity contribution is -0.393. The second-order valence-electron chi connectivity index (χ2n) is 4.95. The number of nitroso groups, excluding NO2 is 1. The SMILES string of the molecule is CCC(CC)N(N=O)c1c([N+](=O)[O-])cc(C)c(C)c1[N+](=O)[O-]. The minimum atomic E-state index is -0.727. The van der Waals surface area contributed by atoms with Crippen LogP contribution in [0.25, 0.3) is 0 Å². The largest absolute Gasteiger partial charge is 0.304 e. The highest BCUT2D eigenvalue weighted by Gasteiger charge is 2.36. The van der Waals surface area contributed by atoms with Crippen LogP contribution in [0.4, 0.5) is 17.1 Å². The quantitative estimate of drug-likeness (QED) is 0.429. The van der Waals surface area contributed by atoms with Crippen molar-refractivity contribution in [3.8, 4) is 0 Å². The average Bonchev–Trinajstić information content (AvgIpc) is 2.46. The molecule has 0 aromatic heterocycles. The van der Waals surface area contributed by atoms with Crippen molar-refractivity contribution in [1.29, 1.82) is 0 Å². The minimum absolute atomic E-state index is 0.283. The fraction of sp³-hybridized carbons (Fsp3) is 0.538. The van der Waals surface area contributed by atoms with Crippen molar-refractivity contribution in [2.45, 2.75) is 46.6 Å². The molecule has 0 aliphatic carbocycles. The Hall–Kier alpha value is -2.58. The number of nitro groups is 2. The number of nitro benzene ring substituents is 2. The van der Waals surface area contributed by atoms with Crippen LogP contribution in [0, 0.1) is 39.0 Å². The molecule has 1 aromatic rings. The van der Waals surface area contributed by atoms with Crippen molar-refractivity contribution in [2.24, 2.45) is 5.29 Å². The monoisotopic (exact) mass is 310 g/mol. The zero-order valence-electron chi connectivity index (χ0n) is 12.9. The van der Waals surface area contributed by atoms with Gasteiger partial charge in [0, 0.05) is 11.6 Å². The van der Waals surface area contributed by atoms with Crippen LogP contribution in [0.5, 0.6) is 0 Å². The van der Waals surface area contributed by atoms with E-state index in [0.717, 1.165) is 5.01 Å². The first kappa shape index (κ1) is 17.5. The van der Waals surface area contributed by atoms with E-state index in [-0.39, 0.29) is 11.3 Å². The van der Waals surface area contributed by atoms with Crippen molar-refractivity contribution in [3.05, 3.63) is 42.3 Å². The second kappa shape index (κ2) is 6.92. The predicted octanol–water partition coefficient (Wildman–Crippen LogP) is 3.80. The van der Waals surface area contributed by atoms with Gasteiger partial charge in [0.2, 0.25) is 5.69 Å². The van der Waals surface area contributed by atoms with Crippen LogP contribution < -0.4 is 5.01 Å². The normalized spacial score (nSPS) is 10.6. The van der Waals surface area contributed by atoms with Gasteiger partial charge in [-0.2, -0.15) is 0 Å². The fourth-order valence-electron chi connectivity index (χ4n) is 2.38. The minimum Gasteiger partial charge on any atom is -0.258 e. The fourth-order valence-corrected chi connectivity index (χ4v) is 2.38. The standard InChI is InChI=1S/C13H18N4O5/c1-5-10(6-2)15(14-18)13-11(16(19)20)7-8(3)9(4)12(13)17(21)22/h7,10H,5-6H2,1-4H3. The lowest BCUT2D eigenvalue weighted by atomic mass is 10.0. The van der Waals surface area contributed by atoms with Crippen molar-refractivity contribution < 1.29 is 9.85 Å². The van der Waals surface area contributed by atoms with E-state index in [1.165, 1.54) is 13.0 Å². The third kappa shape index (κ3) is 3.02. The van der Waals surface area contributed by atoms with E-state index in [9.17, 15) is 25.1 Å². The Morgan fingerprint density at radius 2 is 1.73 bits per heavy atom. The summed E-state index contributed by atoms with van der Waals surface area (Å²) in [4.78, 5) is 32.5. The number of hydrogen-bond acceptors (Lipinski definition) is 6. The van der Waals surface area contributed by atoms with E-state index < -0.39 is 27.3 Å². The van der Waals surface area contributed by atoms with Gasteiger partial charge in [-0.1, -0.05) is 13.8 Å². The van der Waals surface area contributed by atoms with Crippen molar-refractivity contribution >= 4 is 17.1 Å². The summed E-state index contributed by atoms with van der Waals surface area (Å²) < 4.78 is 0.